The molecule has 1 amide bonds. The fourth-order valence-corrected chi connectivity index (χ4v) is 4.61. The first-order valence-corrected chi connectivity index (χ1v) is 11.7. The number of methoxy groups -OCH3 is 1. The van der Waals surface area contributed by atoms with E-state index in [2.05, 4.69) is 4.99 Å². The van der Waals surface area contributed by atoms with Crippen LogP contribution in [0.2, 0.25) is 5.02 Å². The molecular formula is C20H17ClN2O5S2. The Morgan fingerprint density at radius 2 is 1.97 bits per heavy atom. The third-order valence-corrected chi connectivity index (χ3v) is 6.61. The Bertz CT molecular complexity index is 1340. The van der Waals surface area contributed by atoms with Crippen molar-refractivity contribution in [2.45, 2.75) is 11.4 Å². The number of esters is 1. The van der Waals surface area contributed by atoms with Gasteiger partial charge in [0.2, 0.25) is 0 Å². The van der Waals surface area contributed by atoms with E-state index in [0.717, 1.165) is 17.6 Å². The quantitative estimate of drug-likeness (QED) is 0.427. The van der Waals surface area contributed by atoms with Crippen molar-refractivity contribution in [2.24, 2.45) is 4.99 Å². The van der Waals surface area contributed by atoms with E-state index in [-0.39, 0.29) is 16.2 Å². The van der Waals surface area contributed by atoms with Gasteiger partial charge in [0.25, 0.3) is 5.91 Å². The monoisotopic (exact) mass is 464 g/mol. The molecule has 0 unspecified atom stereocenters. The molecule has 7 nitrogen and oxygen atoms in total. The van der Waals surface area contributed by atoms with Gasteiger partial charge >= 0.3 is 5.97 Å². The number of amides is 1. The van der Waals surface area contributed by atoms with Gasteiger partial charge in [0, 0.05) is 17.4 Å². The van der Waals surface area contributed by atoms with Gasteiger partial charge in [-0.1, -0.05) is 41.1 Å². The number of rotatable bonds is 5. The molecule has 0 N–H and O–H groups in total. The van der Waals surface area contributed by atoms with Crippen molar-refractivity contribution in [2.75, 3.05) is 13.4 Å². The molecule has 156 valence electrons. The number of thiazole rings is 1. The van der Waals surface area contributed by atoms with Gasteiger partial charge in [-0.25, -0.2) is 8.42 Å². The van der Waals surface area contributed by atoms with Crippen LogP contribution in [0.4, 0.5) is 0 Å². The third-order valence-electron chi connectivity index (χ3n) is 4.11. The SMILES string of the molecule is COC(=O)Cn1c(=NC(=O)C=Cc2ccccc2Cl)sc2cc(S(C)(=O)=O)ccc21. The number of halogens is 1. The molecule has 0 saturated heterocycles. The summed E-state index contributed by atoms with van der Waals surface area (Å²) in [6.07, 6.45) is 3.93. The van der Waals surface area contributed by atoms with Gasteiger partial charge in [-0.05, 0) is 35.9 Å². The molecule has 0 fully saturated rings. The van der Waals surface area contributed by atoms with Crippen molar-refractivity contribution in [1.29, 1.82) is 0 Å². The second-order valence-electron chi connectivity index (χ2n) is 6.25. The van der Waals surface area contributed by atoms with E-state index in [1.165, 1.54) is 29.9 Å². The van der Waals surface area contributed by atoms with Gasteiger partial charge in [0.05, 0.1) is 22.2 Å². The predicted octanol–water partition coefficient (Wildman–Crippen LogP) is 3.07. The molecule has 1 heterocycles. The van der Waals surface area contributed by atoms with Crippen LogP contribution in [0.1, 0.15) is 5.56 Å². The van der Waals surface area contributed by atoms with Gasteiger partial charge in [0.1, 0.15) is 6.54 Å². The summed E-state index contributed by atoms with van der Waals surface area (Å²) in [5, 5.41) is 0.498. The normalized spacial score (nSPS) is 12.6. The number of hydrogen-bond acceptors (Lipinski definition) is 6. The van der Waals surface area contributed by atoms with Crippen LogP contribution in [0.3, 0.4) is 0 Å². The highest BCUT2D eigenvalue weighted by molar-refractivity contribution is 7.90. The smallest absolute Gasteiger partial charge is 0.325 e. The number of sulfone groups is 1. The number of fused-ring (bicyclic) bond motifs is 1. The minimum atomic E-state index is -3.41. The fourth-order valence-electron chi connectivity index (χ4n) is 2.62. The number of benzene rings is 2. The maximum Gasteiger partial charge on any atom is 0.325 e. The van der Waals surface area contributed by atoms with Gasteiger partial charge in [-0.3, -0.25) is 9.59 Å². The predicted molar refractivity (Wildman–Crippen MR) is 116 cm³/mol. The summed E-state index contributed by atoms with van der Waals surface area (Å²) in [4.78, 5) is 28.7. The minimum absolute atomic E-state index is 0.137. The number of aromatic nitrogens is 1. The number of carbonyl (C=O) groups excluding carboxylic acids is 2. The van der Waals surface area contributed by atoms with Crippen molar-refractivity contribution in [1.82, 2.24) is 4.57 Å². The highest BCUT2D eigenvalue weighted by Crippen LogP contribution is 2.22. The van der Waals surface area contributed by atoms with Crippen LogP contribution in [-0.4, -0.2) is 38.2 Å². The number of nitrogens with zero attached hydrogens (tertiary/aromatic N) is 2. The average Bonchev–Trinajstić information content (AvgIpc) is 3.02. The van der Waals surface area contributed by atoms with Crippen molar-refractivity contribution in [3.8, 4) is 0 Å². The topological polar surface area (TPSA) is 94.8 Å². The summed E-state index contributed by atoms with van der Waals surface area (Å²) in [5.74, 6) is -1.08. The minimum Gasteiger partial charge on any atom is -0.468 e. The van der Waals surface area contributed by atoms with Crippen LogP contribution in [0, 0.1) is 0 Å². The van der Waals surface area contributed by atoms with E-state index < -0.39 is 21.7 Å². The Morgan fingerprint density at radius 1 is 1.23 bits per heavy atom. The molecule has 0 aliphatic heterocycles. The van der Waals surface area contributed by atoms with E-state index in [0.29, 0.717) is 20.8 Å². The van der Waals surface area contributed by atoms with Gasteiger partial charge < -0.3 is 9.30 Å². The summed E-state index contributed by atoms with van der Waals surface area (Å²) >= 11 is 7.18. The molecular weight excluding hydrogens is 448 g/mol. The number of hydrogen-bond donors (Lipinski definition) is 0. The van der Waals surface area contributed by atoms with Gasteiger partial charge in [0.15, 0.2) is 14.6 Å². The molecule has 0 radical (unpaired) electrons. The summed E-state index contributed by atoms with van der Waals surface area (Å²) < 4.78 is 30.5. The third kappa shape index (κ3) is 5.05. The molecule has 3 aromatic rings. The standard InChI is InChI=1S/C20H17ClN2O5S2/c1-28-19(25)12-23-16-9-8-14(30(2,26)27)11-17(16)29-20(23)22-18(24)10-7-13-5-3-4-6-15(13)21/h3-11H,12H2,1-2H3. The van der Waals surface area contributed by atoms with E-state index in [1.54, 1.807) is 36.4 Å². The molecule has 30 heavy (non-hydrogen) atoms. The van der Waals surface area contributed by atoms with Gasteiger partial charge in [-0.2, -0.15) is 4.99 Å². The Kier molecular flexibility index (Phi) is 6.55. The fraction of sp³-hybridized carbons (Fsp3) is 0.150. The maximum atomic E-state index is 12.4. The lowest BCUT2D eigenvalue weighted by molar-refractivity contribution is -0.141. The highest BCUT2D eigenvalue weighted by Gasteiger charge is 2.14. The van der Waals surface area contributed by atoms with E-state index in [4.69, 9.17) is 16.3 Å². The van der Waals surface area contributed by atoms with E-state index in [9.17, 15) is 18.0 Å². The Hall–Kier alpha value is -2.75. The molecule has 2 aromatic carbocycles. The zero-order chi connectivity index (χ0) is 21.9. The second kappa shape index (κ2) is 8.95. The first-order valence-electron chi connectivity index (χ1n) is 8.60. The zero-order valence-electron chi connectivity index (χ0n) is 16.0. The van der Waals surface area contributed by atoms with E-state index in [1.807, 2.05) is 0 Å². The molecule has 0 saturated carbocycles. The van der Waals surface area contributed by atoms with Crippen LogP contribution < -0.4 is 4.80 Å². The van der Waals surface area contributed by atoms with Crippen LogP contribution >= 0.6 is 22.9 Å². The van der Waals surface area contributed by atoms with Crippen LogP contribution in [0.15, 0.2) is 58.4 Å². The first-order chi connectivity index (χ1) is 14.2. The summed E-state index contributed by atoms with van der Waals surface area (Å²) in [5.41, 5.74) is 1.23. The molecule has 0 atom stereocenters. The van der Waals surface area contributed by atoms with Crippen molar-refractivity contribution >= 4 is 60.9 Å². The average molecular weight is 465 g/mol. The first kappa shape index (κ1) is 21.9. The lowest BCUT2D eigenvalue weighted by atomic mass is 10.2. The maximum absolute atomic E-state index is 12.4. The number of carbonyl (C=O) groups is 2. The largest absolute Gasteiger partial charge is 0.468 e. The Morgan fingerprint density at radius 3 is 2.63 bits per heavy atom. The lowest BCUT2D eigenvalue weighted by Crippen LogP contribution is -2.22. The number of ether oxygens (including phenoxy) is 1. The van der Waals surface area contributed by atoms with Crippen molar-refractivity contribution < 1.29 is 22.7 Å². The van der Waals surface area contributed by atoms with Gasteiger partial charge in [-0.15, -0.1) is 0 Å². The zero-order valence-corrected chi connectivity index (χ0v) is 18.4. The summed E-state index contributed by atoms with van der Waals surface area (Å²) in [6, 6.07) is 11.6. The Balaban J connectivity index is 2.08. The molecule has 0 aliphatic rings. The molecule has 0 bridgehead atoms. The summed E-state index contributed by atoms with van der Waals surface area (Å²) in [7, 11) is -2.15. The van der Waals surface area contributed by atoms with Crippen LogP contribution in [0.25, 0.3) is 16.3 Å². The Labute approximate surface area is 181 Å². The molecule has 0 aliphatic carbocycles. The van der Waals surface area contributed by atoms with Crippen molar-refractivity contribution in [3.63, 3.8) is 0 Å². The molecule has 3 rings (SSSR count). The van der Waals surface area contributed by atoms with Crippen molar-refractivity contribution in [3.05, 3.63) is 63.9 Å². The van der Waals surface area contributed by atoms with Crippen LogP contribution in [0.5, 0.6) is 0 Å². The highest BCUT2D eigenvalue weighted by atomic mass is 35.5. The summed E-state index contributed by atoms with van der Waals surface area (Å²) in [6.45, 7) is -0.172. The second-order valence-corrected chi connectivity index (χ2v) is 9.69. The van der Waals surface area contributed by atoms with Crippen LogP contribution in [-0.2, 0) is 30.7 Å². The van der Waals surface area contributed by atoms with E-state index >= 15 is 0 Å². The molecule has 1 aromatic heterocycles. The molecule has 10 heteroatoms. The molecule has 0 spiro atoms. The lowest BCUT2D eigenvalue weighted by Gasteiger charge is -2.04.